The summed E-state index contributed by atoms with van der Waals surface area (Å²) < 4.78 is 6.80. The van der Waals surface area contributed by atoms with Crippen molar-refractivity contribution in [3.05, 3.63) is 27.7 Å². The molecule has 0 saturated carbocycles. The SMILES string of the molecule is CCCC1(C(=O)Cc2cc(Br)cc3c2OCC3)CCNC1. The Hall–Kier alpha value is -0.870. The average molecular weight is 352 g/mol. The van der Waals surface area contributed by atoms with E-state index in [1.54, 1.807) is 0 Å². The fourth-order valence-corrected chi connectivity index (χ4v) is 4.20. The summed E-state index contributed by atoms with van der Waals surface area (Å²) >= 11 is 3.55. The van der Waals surface area contributed by atoms with Gasteiger partial charge in [0.15, 0.2) is 0 Å². The van der Waals surface area contributed by atoms with E-state index in [0.29, 0.717) is 12.2 Å². The molecule has 0 aliphatic carbocycles. The van der Waals surface area contributed by atoms with Crippen LogP contribution in [0.1, 0.15) is 37.3 Å². The van der Waals surface area contributed by atoms with Crippen molar-refractivity contribution >= 4 is 21.7 Å². The molecule has 1 atom stereocenters. The molecule has 2 aliphatic rings. The van der Waals surface area contributed by atoms with Crippen LogP contribution in [0.3, 0.4) is 0 Å². The Balaban J connectivity index is 1.85. The molecule has 0 amide bonds. The fourth-order valence-electron chi connectivity index (χ4n) is 3.65. The molecule has 3 rings (SSSR count). The highest BCUT2D eigenvalue weighted by molar-refractivity contribution is 9.10. The van der Waals surface area contributed by atoms with Gasteiger partial charge in [-0.25, -0.2) is 0 Å². The third-order valence-corrected chi connectivity index (χ3v) is 5.20. The van der Waals surface area contributed by atoms with Crippen LogP contribution in [0.25, 0.3) is 0 Å². The standard InChI is InChI=1S/C17H22BrNO2/c1-2-4-17(5-6-19-11-17)15(20)10-13-9-14(18)8-12-3-7-21-16(12)13/h8-9,19H,2-7,10-11H2,1H3. The summed E-state index contributed by atoms with van der Waals surface area (Å²) in [6, 6.07) is 4.15. The maximum atomic E-state index is 12.9. The fraction of sp³-hybridized carbons (Fsp3) is 0.588. The van der Waals surface area contributed by atoms with Crippen LogP contribution < -0.4 is 10.1 Å². The molecule has 114 valence electrons. The number of halogens is 1. The molecule has 0 spiro atoms. The molecule has 1 aromatic rings. The number of rotatable bonds is 5. The summed E-state index contributed by atoms with van der Waals surface area (Å²) in [6.45, 7) is 4.68. The summed E-state index contributed by atoms with van der Waals surface area (Å²) in [5, 5.41) is 3.37. The Morgan fingerprint density at radius 2 is 2.33 bits per heavy atom. The number of carbonyl (C=O) groups is 1. The van der Waals surface area contributed by atoms with Crippen molar-refractivity contribution in [3.8, 4) is 5.75 Å². The normalized spacial score (nSPS) is 23.9. The number of ketones is 1. The molecule has 2 heterocycles. The second-order valence-corrected chi connectivity index (χ2v) is 7.12. The molecule has 2 aliphatic heterocycles. The number of benzene rings is 1. The van der Waals surface area contributed by atoms with Crippen molar-refractivity contribution in [3.63, 3.8) is 0 Å². The largest absolute Gasteiger partial charge is 0.493 e. The number of ether oxygens (including phenoxy) is 1. The molecule has 4 heteroatoms. The number of Topliss-reactive ketones (excluding diaryl/α,β-unsaturated/α-hetero) is 1. The molecule has 0 aromatic heterocycles. The van der Waals surface area contributed by atoms with E-state index < -0.39 is 0 Å². The molecular formula is C17H22BrNO2. The first kappa shape index (κ1) is 15.0. The van der Waals surface area contributed by atoms with Gasteiger partial charge >= 0.3 is 0 Å². The van der Waals surface area contributed by atoms with E-state index in [9.17, 15) is 4.79 Å². The third kappa shape index (κ3) is 2.88. The van der Waals surface area contributed by atoms with E-state index in [1.165, 1.54) is 5.56 Å². The molecule has 3 nitrogen and oxygen atoms in total. The Kier molecular flexibility index (Phi) is 4.36. The molecule has 1 N–H and O–H groups in total. The number of carbonyl (C=O) groups excluding carboxylic acids is 1. The smallest absolute Gasteiger partial charge is 0.144 e. The van der Waals surface area contributed by atoms with Gasteiger partial charge in [0.1, 0.15) is 11.5 Å². The summed E-state index contributed by atoms with van der Waals surface area (Å²) in [5.74, 6) is 1.31. The highest BCUT2D eigenvalue weighted by Gasteiger charge is 2.40. The first-order chi connectivity index (χ1) is 10.1. The maximum Gasteiger partial charge on any atom is 0.144 e. The van der Waals surface area contributed by atoms with E-state index in [1.807, 2.05) is 6.07 Å². The highest BCUT2D eigenvalue weighted by Crippen LogP contribution is 2.37. The van der Waals surface area contributed by atoms with Gasteiger partial charge in [0, 0.05) is 34.8 Å². The molecule has 1 unspecified atom stereocenters. The van der Waals surface area contributed by atoms with Crippen LogP contribution in [0.2, 0.25) is 0 Å². The monoisotopic (exact) mass is 351 g/mol. The quantitative estimate of drug-likeness (QED) is 0.884. The van der Waals surface area contributed by atoms with Crippen molar-refractivity contribution in [1.82, 2.24) is 5.32 Å². The number of hydrogen-bond acceptors (Lipinski definition) is 3. The van der Waals surface area contributed by atoms with Crippen LogP contribution in [0.4, 0.5) is 0 Å². The van der Waals surface area contributed by atoms with Crippen LogP contribution in [-0.4, -0.2) is 25.5 Å². The lowest BCUT2D eigenvalue weighted by Crippen LogP contribution is -2.34. The first-order valence-electron chi connectivity index (χ1n) is 7.83. The maximum absolute atomic E-state index is 12.9. The van der Waals surface area contributed by atoms with Crippen molar-refractivity contribution in [2.45, 2.75) is 39.0 Å². The minimum atomic E-state index is -0.164. The molecule has 0 bridgehead atoms. The van der Waals surface area contributed by atoms with Gasteiger partial charge in [-0.3, -0.25) is 4.79 Å². The Labute approximate surface area is 134 Å². The Morgan fingerprint density at radius 3 is 3.05 bits per heavy atom. The zero-order valence-electron chi connectivity index (χ0n) is 12.5. The summed E-state index contributed by atoms with van der Waals surface area (Å²) in [6.07, 6.45) is 4.44. The lowest BCUT2D eigenvalue weighted by atomic mass is 9.76. The van der Waals surface area contributed by atoms with Gasteiger partial charge in [0.2, 0.25) is 0 Å². The van der Waals surface area contributed by atoms with Gasteiger partial charge in [0.05, 0.1) is 6.61 Å². The zero-order valence-corrected chi connectivity index (χ0v) is 14.1. The lowest BCUT2D eigenvalue weighted by Gasteiger charge is -2.26. The minimum absolute atomic E-state index is 0.164. The van der Waals surface area contributed by atoms with Gasteiger partial charge in [-0.1, -0.05) is 29.3 Å². The van der Waals surface area contributed by atoms with Crippen molar-refractivity contribution in [2.24, 2.45) is 5.41 Å². The zero-order chi connectivity index (χ0) is 14.9. The van der Waals surface area contributed by atoms with Crippen molar-refractivity contribution in [2.75, 3.05) is 19.7 Å². The van der Waals surface area contributed by atoms with Gasteiger partial charge in [-0.15, -0.1) is 0 Å². The van der Waals surface area contributed by atoms with Gasteiger partial charge in [-0.05, 0) is 37.1 Å². The van der Waals surface area contributed by atoms with Crippen molar-refractivity contribution in [1.29, 1.82) is 0 Å². The second-order valence-electron chi connectivity index (χ2n) is 6.21. The summed E-state index contributed by atoms with van der Waals surface area (Å²) in [7, 11) is 0. The van der Waals surface area contributed by atoms with E-state index in [4.69, 9.17) is 4.74 Å². The first-order valence-corrected chi connectivity index (χ1v) is 8.62. The molecule has 1 saturated heterocycles. The molecule has 1 aromatic carbocycles. The van der Waals surface area contributed by atoms with E-state index in [2.05, 4.69) is 34.2 Å². The lowest BCUT2D eigenvalue weighted by molar-refractivity contribution is -0.127. The van der Waals surface area contributed by atoms with E-state index in [0.717, 1.165) is 61.2 Å². The van der Waals surface area contributed by atoms with E-state index >= 15 is 0 Å². The van der Waals surface area contributed by atoms with Crippen molar-refractivity contribution < 1.29 is 9.53 Å². The number of fused-ring (bicyclic) bond motifs is 1. The molecule has 21 heavy (non-hydrogen) atoms. The third-order valence-electron chi connectivity index (χ3n) is 4.74. The van der Waals surface area contributed by atoms with Crippen LogP contribution in [0.15, 0.2) is 16.6 Å². The highest BCUT2D eigenvalue weighted by atomic mass is 79.9. The topological polar surface area (TPSA) is 38.3 Å². The van der Waals surface area contributed by atoms with Crippen LogP contribution in [0, 0.1) is 5.41 Å². The van der Waals surface area contributed by atoms with Gasteiger partial charge in [-0.2, -0.15) is 0 Å². The van der Waals surface area contributed by atoms with Crippen LogP contribution in [0.5, 0.6) is 5.75 Å². The molecule has 1 fully saturated rings. The second kappa shape index (κ2) is 6.09. The van der Waals surface area contributed by atoms with Crippen LogP contribution >= 0.6 is 15.9 Å². The minimum Gasteiger partial charge on any atom is -0.493 e. The van der Waals surface area contributed by atoms with Gasteiger partial charge in [0.25, 0.3) is 0 Å². The summed E-state index contributed by atoms with van der Waals surface area (Å²) in [4.78, 5) is 12.9. The summed E-state index contributed by atoms with van der Waals surface area (Å²) in [5.41, 5.74) is 2.10. The average Bonchev–Trinajstić information content (AvgIpc) is 3.08. The number of nitrogens with one attached hydrogen (secondary N) is 1. The predicted molar refractivity (Wildman–Crippen MR) is 86.9 cm³/mol. The predicted octanol–water partition coefficient (Wildman–Crippen LogP) is 3.28. The molecular weight excluding hydrogens is 330 g/mol. The Morgan fingerprint density at radius 1 is 1.48 bits per heavy atom. The van der Waals surface area contributed by atoms with Crippen LogP contribution in [-0.2, 0) is 17.6 Å². The Bertz CT molecular complexity index is 550. The number of hydrogen-bond donors (Lipinski definition) is 1. The van der Waals surface area contributed by atoms with E-state index in [-0.39, 0.29) is 5.41 Å². The molecule has 0 radical (unpaired) electrons. The van der Waals surface area contributed by atoms with Gasteiger partial charge < -0.3 is 10.1 Å².